The molecule has 0 spiro atoms. The molecule has 0 bridgehead atoms. The topological polar surface area (TPSA) is 87.3 Å². The number of hydrogen-bond donors (Lipinski definition) is 3. The van der Waals surface area contributed by atoms with E-state index in [0.717, 1.165) is 50.2 Å². The summed E-state index contributed by atoms with van der Waals surface area (Å²) in [5.74, 6) is 7.54. The summed E-state index contributed by atoms with van der Waals surface area (Å²) in [7, 11) is 0. The molecule has 0 saturated carbocycles. The molecule has 1 fully saturated rings. The van der Waals surface area contributed by atoms with Crippen LogP contribution >= 0.6 is 0 Å². The van der Waals surface area contributed by atoms with Crippen molar-refractivity contribution in [3.63, 3.8) is 0 Å². The Morgan fingerprint density at radius 2 is 2.37 bits per heavy atom. The fourth-order valence-electron chi connectivity index (χ4n) is 2.69. The van der Waals surface area contributed by atoms with E-state index in [1.165, 1.54) is 0 Å². The van der Waals surface area contributed by atoms with Crippen LogP contribution in [-0.4, -0.2) is 34.8 Å². The van der Waals surface area contributed by atoms with Crippen molar-refractivity contribution in [2.45, 2.75) is 32.6 Å². The molecule has 1 aliphatic heterocycles. The molecule has 1 saturated heterocycles. The first-order chi connectivity index (χ1) is 9.30. The van der Waals surface area contributed by atoms with E-state index in [2.05, 4.69) is 27.2 Å². The monoisotopic (exact) mass is 265 g/mol. The number of rotatable bonds is 5. The summed E-state index contributed by atoms with van der Waals surface area (Å²) in [6.07, 6.45) is 5.64. The fourth-order valence-corrected chi connectivity index (χ4v) is 2.69. The second-order valence-electron chi connectivity index (χ2n) is 5.06. The van der Waals surface area contributed by atoms with Gasteiger partial charge in [0.05, 0.1) is 0 Å². The Morgan fingerprint density at radius 3 is 3.05 bits per heavy atom. The summed E-state index contributed by atoms with van der Waals surface area (Å²) in [6, 6.07) is 0. The smallest absolute Gasteiger partial charge is 0.148 e. The van der Waals surface area contributed by atoms with Crippen LogP contribution in [0.2, 0.25) is 0 Å². The second-order valence-corrected chi connectivity index (χ2v) is 5.06. The lowest BCUT2D eigenvalue weighted by Gasteiger charge is -2.34. The standard InChI is InChI=1S/C13H23N5O/c1-2-4-11-12(17-14)15-9-16-13(11)18-6-3-5-10(7-18)8-19/h9-10,19H,2-8,14H2,1H3,(H,15,16,17). The predicted octanol–water partition coefficient (Wildman–Crippen LogP) is 0.923. The summed E-state index contributed by atoms with van der Waals surface area (Å²) < 4.78 is 0. The average Bonchev–Trinajstić information content (AvgIpc) is 2.48. The van der Waals surface area contributed by atoms with Gasteiger partial charge in [-0.3, -0.25) is 0 Å². The molecule has 1 unspecified atom stereocenters. The molecule has 0 aromatic carbocycles. The molecule has 106 valence electrons. The van der Waals surface area contributed by atoms with E-state index < -0.39 is 0 Å². The Hall–Kier alpha value is -1.40. The third-order valence-electron chi connectivity index (χ3n) is 3.64. The van der Waals surface area contributed by atoms with E-state index in [-0.39, 0.29) is 6.61 Å². The molecule has 1 aromatic heterocycles. The minimum atomic E-state index is 0.243. The van der Waals surface area contributed by atoms with Gasteiger partial charge in [0.2, 0.25) is 0 Å². The number of aliphatic hydroxyl groups excluding tert-OH is 1. The first-order valence-electron chi connectivity index (χ1n) is 6.96. The lowest BCUT2D eigenvalue weighted by molar-refractivity contribution is 0.208. The second kappa shape index (κ2) is 6.68. The highest BCUT2D eigenvalue weighted by molar-refractivity contribution is 5.58. The van der Waals surface area contributed by atoms with E-state index in [9.17, 15) is 5.11 Å². The van der Waals surface area contributed by atoms with Crippen molar-refractivity contribution in [2.24, 2.45) is 11.8 Å². The number of aliphatic hydroxyl groups is 1. The normalized spacial score (nSPS) is 19.5. The van der Waals surface area contributed by atoms with Crippen LogP contribution in [0.1, 0.15) is 31.7 Å². The average molecular weight is 265 g/mol. The Bertz CT molecular complexity index is 412. The molecule has 2 rings (SSSR count). The van der Waals surface area contributed by atoms with Crippen LogP contribution in [0.25, 0.3) is 0 Å². The molecule has 0 amide bonds. The highest BCUT2D eigenvalue weighted by atomic mass is 16.3. The van der Waals surface area contributed by atoms with Gasteiger partial charge < -0.3 is 15.4 Å². The van der Waals surface area contributed by atoms with Crippen molar-refractivity contribution in [1.29, 1.82) is 0 Å². The van der Waals surface area contributed by atoms with E-state index in [1.807, 2.05) is 0 Å². The lowest BCUT2D eigenvalue weighted by atomic mass is 9.98. The fraction of sp³-hybridized carbons (Fsp3) is 0.692. The van der Waals surface area contributed by atoms with Gasteiger partial charge in [-0.1, -0.05) is 13.3 Å². The van der Waals surface area contributed by atoms with Crippen LogP contribution in [0, 0.1) is 5.92 Å². The van der Waals surface area contributed by atoms with Crippen LogP contribution in [-0.2, 0) is 6.42 Å². The van der Waals surface area contributed by atoms with Crippen LogP contribution in [0.4, 0.5) is 11.6 Å². The molecule has 19 heavy (non-hydrogen) atoms. The molecule has 0 radical (unpaired) electrons. The van der Waals surface area contributed by atoms with Crippen LogP contribution in [0.15, 0.2) is 6.33 Å². The van der Waals surface area contributed by atoms with Gasteiger partial charge in [-0.15, -0.1) is 0 Å². The number of nitrogens with one attached hydrogen (secondary N) is 1. The molecular formula is C13H23N5O. The number of anilines is 2. The minimum Gasteiger partial charge on any atom is -0.396 e. The number of nitrogens with two attached hydrogens (primary N) is 1. The highest BCUT2D eigenvalue weighted by Crippen LogP contribution is 2.28. The van der Waals surface area contributed by atoms with Crippen LogP contribution in [0.5, 0.6) is 0 Å². The van der Waals surface area contributed by atoms with Gasteiger partial charge in [-0.25, -0.2) is 15.8 Å². The zero-order valence-electron chi connectivity index (χ0n) is 11.5. The Kier molecular flexibility index (Phi) is 4.93. The maximum absolute atomic E-state index is 9.34. The summed E-state index contributed by atoms with van der Waals surface area (Å²) in [4.78, 5) is 10.9. The molecule has 6 heteroatoms. The maximum Gasteiger partial charge on any atom is 0.148 e. The Morgan fingerprint density at radius 1 is 1.53 bits per heavy atom. The highest BCUT2D eigenvalue weighted by Gasteiger charge is 2.23. The van der Waals surface area contributed by atoms with Crippen molar-refractivity contribution in [2.75, 3.05) is 30.0 Å². The SMILES string of the molecule is CCCc1c(NN)ncnc1N1CCCC(CO)C1. The minimum absolute atomic E-state index is 0.243. The zero-order valence-corrected chi connectivity index (χ0v) is 11.5. The lowest BCUT2D eigenvalue weighted by Crippen LogP contribution is -2.38. The van der Waals surface area contributed by atoms with Gasteiger partial charge >= 0.3 is 0 Å². The maximum atomic E-state index is 9.34. The van der Waals surface area contributed by atoms with Gasteiger partial charge in [0.1, 0.15) is 18.0 Å². The van der Waals surface area contributed by atoms with Crippen molar-refractivity contribution in [1.82, 2.24) is 9.97 Å². The van der Waals surface area contributed by atoms with E-state index in [4.69, 9.17) is 5.84 Å². The molecule has 6 nitrogen and oxygen atoms in total. The number of hydrazine groups is 1. The first kappa shape index (κ1) is 14.0. The quantitative estimate of drug-likeness (QED) is 0.542. The summed E-state index contributed by atoms with van der Waals surface area (Å²) in [5, 5.41) is 9.34. The molecule has 0 aliphatic carbocycles. The van der Waals surface area contributed by atoms with Crippen molar-refractivity contribution in [3.05, 3.63) is 11.9 Å². The molecule has 2 heterocycles. The molecule has 4 N–H and O–H groups in total. The summed E-state index contributed by atoms with van der Waals surface area (Å²) in [6.45, 7) is 4.21. The van der Waals surface area contributed by atoms with Crippen LogP contribution < -0.4 is 16.2 Å². The number of nitrogens with zero attached hydrogens (tertiary/aromatic N) is 3. The third kappa shape index (κ3) is 3.13. The molecule has 1 aromatic rings. The number of piperidine rings is 1. The van der Waals surface area contributed by atoms with Gasteiger partial charge in [0.25, 0.3) is 0 Å². The molecular weight excluding hydrogens is 242 g/mol. The van der Waals surface area contributed by atoms with E-state index in [1.54, 1.807) is 6.33 Å². The van der Waals surface area contributed by atoms with Crippen molar-refractivity contribution >= 4 is 11.6 Å². The van der Waals surface area contributed by atoms with Gasteiger partial charge in [-0.2, -0.15) is 0 Å². The number of nitrogen functional groups attached to an aromatic ring is 1. The predicted molar refractivity (Wildman–Crippen MR) is 75.9 cm³/mol. The van der Waals surface area contributed by atoms with E-state index >= 15 is 0 Å². The number of hydrogen-bond acceptors (Lipinski definition) is 6. The van der Waals surface area contributed by atoms with Gasteiger partial charge in [0, 0.05) is 25.3 Å². The first-order valence-corrected chi connectivity index (χ1v) is 6.96. The number of aromatic nitrogens is 2. The third-order valence-corrected chi connectivity index (χ3v) is 3.64. The van der Waals surface area contributed by atoms with Gasteiger partial charge in [0.15, 0.2) is 0 Å². The van der Waals surface area contributed by atoms with Crippen molar-refractivity contribution in [3.8, 4) is 0 Å². The summed E-state index contributed by atoms with van der Waals surface area (Å²) >= 11 is 0. The largest absolute Gasteiger partial charge is 0.396 e. The van der Waals surface area contributed by atoms with E-state index in [0.29, 0.717) is 11.7 Å². The zero-order chi connectivity index (χ0) is 13.7. The summed E-state index contributed by atoms with van der Waals surface area (Å²) in [5.41, 5.74) is 3.73. The van der Waals surface area contributed by atoms with Crippen molar-refractivity contribution < 1.29 is 5.11 Å². The Balaban J connectivity index is 2.27. The van der Waals surface area contributed by atoms with Gasteiger partial charge in [-0.05, 0) is 25.2 Å². The molecule has 1 aliphatic rings. The van der Waals surface area contributed by atoms with Crippen LogP contribution in [0.3, 0.4) is 0 Å². The molecule has 1 atom stereocenters. The Labute approximate surface area is 114 Å².